The van der Waals surface area contributed by atoms with Crippen molar-refractivity contribution in [2.45, 2.75) is 219 Å². The van der Waals surface area contributed by atoms with Crippen LogP contribution in [0.3, 0.4) is 0 Å². The quantitative estimate of drug-likeness (QED) is 0.0576. The molecule has 0 atom stereocenters. The van der Waals surface area contributed by atoms with E-state index in [9.17, 15) is 0 Å². The van der Waals surface area contributed by atoms with Crippen molar-refractivity contribution in [1.29, 1.82) is 0 Å². The Morgan fingerprint density at radius 1 is 0.308 bits per heavy atom. The molecule has 39 heavy (non-hydrogen) atoms. The van der Waals surface area contributed by atoms with E-state index < -0.39 is 0 Å². The van der Waals surface area contributed by atoms with E-state index in [1.807, 2.05) is 0 Å². The van der Waals surface area contributed by atoms with Crippen molar-refractivity contribution in [2.75, 3.05) is 0 Å². The van der Waals surface area contributed by atoms with Crippen LogP contribution >= 0.6 is 24.4 Å². The van der Waals surface area contributed by atoms with Gasteiger partial charge in [0.15, 0.2) is 10.1 Å². The van der Waals surface area contributed by atoms with E-state index in [2.05, 4.69) is 13.8 Å². The summed E-state index contributed by atoms with van der Waals surface area (Å²) >= 11 is 10.9. The minimum atomic E-state index is 0.718. The number of hydrogen-bond donors (Lipinski definition) is 0. The number of thiocarbonyl (C=S) groups is 2. The van der Waals surface area contributed by atoms with Crippen molar-refractivity contribution < 1.29 is 4.74 Å². The van der Waals surface area contributed by atoms with Crippen LogP contribution in [0.1, 0.15) is 219 Å². The third-order valence-corrected chi connectivity index (χ3v) is 8.77. The Morgan fingerprint density at radius 2 is 0.487 bits per heavy atom. The molecule has 0 aromatic carbocycles. The van der Waals surface area contributed by atoms with Crippen molar-refractivity contribution in [3.05, 3.63) is 0 Å². The van der Waals surface area contributed by atoms with Gasteiger partial charge in [-0.15, -0.1) is 0 Å². The highest BCUT2D eigenvalue weighted by molar-refractivity contribution is 7.81. The zero-order valence-corrected chi connectivity index (χ0v) is 28.5. The molecule has 0 amide bonds. The molecule has 0 unspecified atom stereocenters. The van der Waals surface area contributed by atoms with Crippen LogP contribution in [-0.2, 0) is 4.74 Å². The fraction of sp³-hybridized carbons (Fsp3) is 0.944. The largest absolute Gasteiger partial charge is 0.443 e. The lowest BCUT2D eigenvalue weighted by molar-refractivity contribution is 0.508. The molecule has 0 aromatic rings. The molecular weight excluding hydrogens is 513 g/mol. The fourth-order valence-corrected chi connectivity index (χ4v) is 6.05. The maximum absolute atomic E-state index is 5.75. The molecule has 0 bridgehead atoms. The molecular formula is C36H70OS2. The molecule has 0 aliphatic rings. The van der Waals surface area contributed by atoms with Gasteiger partial charge in [0.1, 0.15) is 0 Å². The molecule has 0 saturated carbocycles. The highest BCUT2D eigenvalue weighted by Gasteiger charge is 2.04. The van der Waals surface area contributed by atoms with Crippen LogP contribution < -0.4 is 0 Å². The van der Waals surface area contributed by atoms with Crippen LogP contribution in [0.15, 0.2) is 0 Å². The van der Waals surface area contributed by atoms with Gasteiger partial charge in [0.2, 0.25) is 0 Å². The monoisotopic (exact) mass is 582 g/mol. The lowest BCUT2D eigenvalue weighted by atomic mass is 10.0. The number of hydrogen-bond acceptors (Lipinski definition) is 3. The van der Waals surface area contributed by atoms with Gasteiger partial charge in [0.25, 0.3) is 0 Å². The van der Waals surface area contributed by atoms with Gasteiger partial charge < -0.3 is 4.74 Å². The van der Waals surface area contributed by atoms with Crippen LogP contribution in [0.25, 0.3) is 0 Å². The number of rotatable bonds is 32. The van der Waals surface area contributed by atoms with E-state index in [4.69, 9.17) is 29.2 Å². The summed E-state index contributed by atoms with van der Waals surface area (Å²) < 4.78 is 5.75. The second kappa shape index (κ2) is 34.2. The minimum absolute atomic E-state index is 0.718. The zero-order chi connectivity index (χ0) is 28.5. The first-order valence-electron chi connectivity index (χ1n) is 17.9. The Hall–Kier alpha value is -0.0200. The Morgan fingerprint density at radius 3 is 0.692 bits per heavy atom. The summed E-state index contributed by atoms with van der Waals surface area (Å²) in [6, 6.07) is 0. The third kappa shape index (κ3) is 34.1. The maximum Gasteiger partial charge on any atom is 0.168 e. The zero-order valence-electron chi connectivity index (χ0n) is 26.9. The molecule has 0 saturated heterocycles. The van der Waals surface area contributed by atoms with Crippen molar-refractivity contribution in [3.8, 4) is 0 Å². The molecule has 0 aliphatic heterocycles. The van der Waals surface area contributed by atoms with Crippen LogP contribution in [0, 0.1) is 0 Å². The number of ether oxygens (including phenoxy) is 1. The average molecular weight is 583 g/mol. The molecule has 0 aliphatic carbocycles. The van der Waals surface area contributed by atoms with Crippen LogP contribution in [0.5, 0.6) is 0 Å². The smallest absolute Gasteiger partial charge is 0.168 e. The first-order chi connectivity index (χ1) is 19.2. The highest BCUT2D eigenvalue weighted by Crippen LogP contribution is 2.16. The van der Waals surface area contributed by atoms with E-state index >= 15 is 0 Å². The topological polar surface area (TPSA) is 9.23 Å². The van der Waals surface area contributed by atoms with Crippen molar-refractivity contribution in [2.24, 2.45) is 0 Å². The Kier molecular flexibility index (Phi) is 34.2. The van der Waals surface area contributed by atoms with Crippen LogP contribution in [0.2, 0.25) is 0 Å². The molecule has 1 nitrogen and oxygen atoms in total. The summed E-state index contributed by atoms with van der Waals surface area (Å²) in [6.45, 7) is 4.59. The predicted octanol–water partition coefficient (Wildman–Crippen LogP) is 14.2. The minimum Gasteiger partial charge on any atom is -0.443 e. The lowest BCUT2D eigenvalue weighted by Gasteiger charge is -2.08. The number of unbranched alkanes of at least 4 members (excludes halogenated alkanes) is 28. The standard InChI is InChI=1S/C36H70OS2/c1-3-5-7-9-11-13-15-17-19-21-23-25-27-29-31-33-35(38)37-36(39)34-32-30-28-26-24-22-20-18-16-14-12-10-8-6-4-2/h3-34H2,1-2H3. The summed E-state index contributed by atoms with van der Waals surface area (Å²) in [7, 11) is 0. The summed E-state index contributed by atoms with van der Waals surface area (Å²) in [6.07, 6.45) is 43.5. The van der Waals surface area contributed by atoms with Gasteiger partial charge in [-0.2, -0.15) is 0 Å². The Balaban J connectivity index is 3.27. The predicted molar refractivity (Wildman–Crippen MR) is 185 cm³/mol. The third-order valence-electron chi connectivity index (χ3n) is 8.20. The van der Waals surface area contributed by atoms with Crippen molar-refractivity contribution >= 4 is 34.5 Å². The molecule has 3 heteroatoms. The maximum atomic E-state index is 5.75. The molecule has 0 aromatic heterocycles. The van der Waals surface area contributed by atoms with Gasteiger partial charge in [-0.3, -0.25) is 0 Å². The summed E-state index contributed by atoms with van der Waals surface area (Å²) in [4.78, 5) is 0. The van der Waals surface area contributed by atoms with E-state index in [-0.39, 0.29) is 0 Å². The second-order valence-electron chi connectivity index (χ2n) is 12.2. The summed E-state index contributed by atoms with van der Waals surface area (Å²) in [5.41, 5.74) is 0. The molecule has 0 heterocycles. The molecule has 0 fully saturated rings. The van der Waals surface area contributed by atoms with Gasteiger partial charge in [-0.1, -0.05) is 194 Å². The molecule has 0 spiro atoms. The second-order valence-corrected chi connectivity index (χ2v) is 13.2. The van der Waals surface area contributed by atoms with E-state index in [0.717, 1.165) is 35.8 Å². The Bertz CT molecular complexity index is 460. The van der Waals surface area contributed by atoms with Gasteiger partial charge in [-0.25, -0.2) is 0 Å². The van der Waals surface area contributed by atoms with Crippen LogP contribution in [0.4, 0.5) is 0 Å². The van der Waals surface area contributed by atoms with Crippen LogP contribution in [-0.4, -0.2) is 10.1 Å². The average Bonchev–Trinajstić information content (AvgIpc) is 2.93. The fourth-order valence-electron chi connectivity index (χ4n) is 5.51. The summed E-state index contributed by atoms with van der Waals surface area (Å²) in [5, 5.41) is 1.44. The molecule has 0 radical (unpaired) electrons. The van der Waals surface area contributed by atoms with Gasteiger partial charge in [0.05, 0.1) is 0 Å². The molecule has 232 valence electrons. The normalized spacial score (nSPS) is 11.2. The van der Waals surface area contributed by atoms with Gasteiger partial charge in [0, 0.05) is 12.8 Å². The first kappa shape index (κ1) is 39.0. The molecule has 0 N–H and O–H groups in total. The van der Waals surface area contributed by atoms with Crippen molar-refractivity contribution in [1.82, 2.24) is 0 Å². The first-order valence-corrected chi connectivity index (χ1v) is 18.8. The van der Waals surface area contributed by atoms with Gasteiger partial charge >= 0.3 is 0 Å². The molecule has 0 rings (SSSR count). The van der Waals surface area contributed by atoms with Crippen molar-refractivity contribution in [3.63, 3.8) is 0 Å². The highest BCUT2D eigenvalue weighted by atomic mass is 32.1. The summed E-state index contributed by atoms with van der Waals surface area (Å²) in [5.74, 6) is 0. The van der Waals surface area contributed by atoms with E-state index in [1.54, 1.807) is 0 Å². The Labute approximate surface area is 257 Å². The van der Waals surface area contributed by atoms with E-state index in [1.165, 1.54) is 180 Å². The lowest BCUT2D eigenvalue weighted by Crippen LogP contribution is -2.08. The van der Waals surface area contributed by atoms with E-state index in [0.29, 0.717) is 0 Å². The van der Waals surface area contributed by atoms with Gasteiger partial charge in [-0.05, 0) is 37.3 Å². The SMILES string of the molecule is CCCCCCCCCCCCCCCCCC(=S)OC(=S)CCCCCCCCCCCCCCCCC.